The quantitative estimate of drug-likeness (QED) is 0.585. The first kappa shape index (κ1) is 11.4. The van der Waals surface area contributed by atoms with Crippen LogP contribution in [0.2, 0.25) is 0 Å². The van der Waals surface area contributed by atoms with Crippen LogP contribution >= 0.6 is 0 Å². The zero-order chi connectivity index (χ0) is 11.0. The molecule has 0 bridgehead atoms. The summed E-state index contributed by atoms with van der Waals surface area (Å²) in [7, 11) is 0. The Kier molecular flexibility index (Phi) is 2.94. The van der Waals surface area contributed by atoms with Crippen molar-refractivity contribution in [2.75, 3.05) is 0 Å². The van der Waals surface area contributed by atoms with E-state index < -0.39 is 0 Å². The largest absolute Gasteiger partial charge is 2.00 e. The molecule has 2 aromatic carbocycles. The average Bonchev–Trinajstić information content (AvgIpc) is 2.73. The van der Waals surface area contributed by atoms with Crippen molar-refractivity contribution >= 4 is 21.2 Å². The number of para-hydroxylation sites is 3. The minimum atomic E-state index is -0.0437. The number of rotatable bonds is 1. The molecule has 0 fully saturated rings. The van der Waals surface area contributed by atoms with Crippen molar-refractivity contribution in [1.29, 1.82) is 0 Å². The number of H-pyrrole nitrogens is 1. The molecule has 3 rings (SSSR count). The molecule has 3 aromatic rings. The van der Waals surface area contributed by atoms with E-state index in [4.69, 9.17) is 4.42 Å². The number of hydrogen-bond acceptors (Lipinski definition) is 2. The molecule has 0 aliphatic carbocycles. The summed E-state index contributed by atoms with van der Waals surface area (Å²) in [5.74, 6) is 0.463. The summed E-state index contributed by atoms with van der Waals surface area (Å²) in [6, 6.07) is 14.4. The van der Waals surface area contributed by atoms with Gasteiger partial charge in [0, 0.05) is 6.07 Å². The average molecular weight is 220 g/mol. The first-order valence-corrected chi connectivity index (χ1v) is 5.02. The summed E-state index contributed by atoms with van der Waals surface area (Å²) < 4.78 is 5.58. The van der Waals surface area contributed by atoms with Gasteiger partial charge in [-0.25, -0.2) is 0 Å². The predicted molar refractivity (Wildman–Crippen MR) is 63.4 cm³/mol. The van der Waals surface area contributed by atoms with E-state index in [2.05, 4.69) is 4.98 Å². The SMILES string of the molecule is [Be+2].[O-]c1ccccc1-c1[nH+]c2ccccc2o1. The van der Waals surface area contributed by atoms with Crippen molar-refractivity contribution in [3.63, 3.8) is 0 Å². The number of hydrogen-bond donors (Lipinski definition) is 0. The van der Waals surface area contributed by atoms with Gasteiger partial charge in [0.25, 0.3) is 0 Å². The van der Waals surface area contributed by atoms with Crippen molar-refractivity contribution < 1.29 is 14.5 Å². The molecule has 4 heteroatoms. The molecule has 0 radical (unpaired) electrons. The maximum Gasteiger partial charge on any atom is 2.00 e. The van der Waals surface area contributed by atoms with Crippen LogP contribution in [-0.4, -0.2) is 10.1 Å². The van der Waals surface area contributed by atoms with Crippen LogP contribution in [0.4, 0.5) is 0 Å². The molecule has 0 aliphatic rings. The van der Waals surface area contributed by atoms with E-state index in [1.54, 1.807) is 12.1 Å². The molecule has 78 valence electrons. The zero-order valence-corrected chi connectivity index (χ0v) is 9.14. The topological polar surface area (TPSA) is 50.3 Å². The first-order chi connectivity index (χ1) is 7.84. The van der Waals surface area contributed by atoms with Gasteiger partial charge in [0.1, 0.15) is 0 Å². The summed E-state index contributed by atoms with van der Waals surface area (Å²) in [6.45, 7) is 0. The smallest absolute Gasteiger partial charge is 0.872 e. The minimum absolute atomic E-state index is 0. The van der Waals surface area contributed by atoms with Gasteiger partial charge in [0.15, 0.2) is 0 Å². The summed E-state index contributed by atoms with van der Waals surface area (Å²) in [4.78, 5) is 3.09. The van der Waals surface area contributed by atoms with Crippen molar-refractivity contribution in [2.45, 2.75) is 0 Å². The zero-order valence-electron chi connectivity index (χ0n) is 9.14. The van der Waals surface area contributed by atoms with E-state index >= 15 is 0 Å². The molecule has 0 amide bonds. The normalized spacial score (nSPS) is 10.1. The van der Waals surface area contributed by atoms with Gasteiger partial charge in [-0.05, 0) is 12.1 Å². The molecule has 0 saturated heterocycles. The Hall–Kier alpha value is -2.12. The molecule has 17 heavy (non-hydrogen) atoms. The third-order valence-corrected chi connectivity index (χ3v) is 2.48. The Balaban J connectivity index is 0.00000108. The maximum absolute atomic E-state index is 11.6. The second-order valence-electron chi connectivity index (χ2n) is 3.55. The fourth-order valence-corrected chi connectivity index (χ4v) is 1.69. The van der Waals surface area contributed by atoms with Crippen molar-refractivity contribution in [1.82, 2.24) is 0 Å². The molecule has 1 N–H and O–H groups in total. The molecular formula is C13H9BeNO2+2. The summed E-state index contributed by atoms with van der Waals surface area (Å²) in [5.41, 5.74) is 2.19. The van der Waals surface area contributed by atoms with Gasteiger partial charge in [0.2, 0.25) is 11.1 Å². The number of aromatic nitrogens is 1. The van der Waals surface area contributed by atoms with Crippen LogP contribution in [0.15, 0.2) is 52.9 Å². The number of oxazole rings is 1. The molecule has 3 nitrogen and oxygen atoms in total. The van der Waals surface area contributed by atoms with E-state index in [1.165, 1.54) is 6.07 Å². The van der Waals surface area contributed by atoms with Crippen LogP contribution in [0.5, 0.6) is 5.75 Å². The number of benzene rings is 2. The number of nitrogens with one attached hydrogen (secondary N) is 1. The molecule has 0 saturated carbocycles. The summed E-state index contributed by atoms with van der Waals surface area (Å²) >= 11 is 0. The Morgan fingerprint density at radius 3 is 2.41 bits per heavy atom. The van der Waals surface area contributed by atoms with Gasteiger partial charge in [0.05, 0.1) is 5.56 Å². The van der Waals surface area contributed by atoms with Crippen LogP contribution in [0, 0.1) is 0 Å². The summed E-state index contributed by atoms with van der Waals surface area (Å²) in [6.07, 6.45) is 0. The van der Waals surface area contributed by atoms with Crippen molar-refractivity contribution in [2.24, 2.45) is 0 Å². The van der Waals surface area contributed by atoms with Gasteiger partial charge in [-0.3, -0.25) is 0 Å². The number of aromatic amines is 1. The van der Waals surface area contributed by atoms with Gasteiger partial charge < -0.3 is 9.52 Å². The van der Waals surface area contributed by atoms with Crippen LogP contribution in [0.1, 0.15) is 0 Å². The van der Waals surface area contributed by atoms with Gasteiger partial charge in [-0.1, -0.05) is 36.1 Å². The first-order valence-electron chi connectivity index (χ1n) is 5.02. The molecule has 0 aliphatic heterocycles. The molecular weight excluding hydrogens is 211 g/mol. The number of fused-ring (bicyclic) bond motifs is 1. The fourth-order valence-electron chi connectivity index (χ4n) is 1.69. The standard InChI is InChI=1S/C13H9NO2.Be/c15-11-7-3-1-5-9(11)13-14-10-6-2-4-8-12(10)16-13;/h1-8,15H;/q;+2. The van der Waals surface area contributed by atoms with Gasteiger partial charge in [-0.15, -0.1) is 0 Å². The monoisotopic (exact) mass is 220 g/mol. The van der Waals surface area contributed by atoms with Crippen LogP contribution < -0.4 is 10.1 Å². The minimum Gasteiger partial charge on any atom is -0.872 e. The Labute approximate surface area is 102 Å². The van der Waals surface area contributed by atoms with E-state index in [-0.39, 0.29) is 15.9 Å². The Morgan fingerprint density at radius 1 is 0.941 bits per heavy atom. The second kappa shape index (κ2) is 4.40. The molecule has 0 unspecified atom stereocenters. The summed E-state index contributed by atoms with van der Waals surface area (Å²) in [5, 5.41) is 11.6. The molecule has 1 heterocycles. The third kappa shape index (κ3) is 1.93. The fraction of sp³-hybridized carbons (Fsp3) is 0. The van der Waals surface area contributed by atoms with Crippen LogP contribution in [0.25, 0.3) is 22.6 Å². The van der Waals surface area contributed by atoms with E-state index in [0.29, 0.717) is 11.5 Å². The Bertz CT molecular complexity index is 615. The van der Waals surface area contributed by atoms with E-state index in [0.717, 1.165) is 11.1 Å². The third-order valence-electron chi connectivity index (χ3n) is 2.48. The Morgan fingerprint density at radius 2 is 1.65 bits per heavy atom. The second-order valence-corrected chi connectivity index (χ2v) is 3.55. The van der Waals surface area contributed by atoms with Crippen molar-refractivity contribution in [3.8, 4) is 17.2 Å². The molecule has 1 aromatic heterocycles. The van der Waals surface area contributed by atoms with E-state index in [9.17, 15) is 5.11 Å². The van der Waals surface area contributed by atoms with Crippen LogP contribution in [-0.2, 0) is 0 Å². The van der Waals surface area contributed by atoms with Gasteiger partial charge in [-0.2, -0.15) is 4.98 Å². The van der Waals surface area contributed by atoms with Crippen molar-refractivity contribution in [3.05, 3.63) is 48.5 Å². The van der Waals surface area contributed by atoms with Gasteiger partial charge >= 0.3 is 16.0 Å². The van der Waals surface area contributed by atoms with E-state index in [1.807, 2.05) is 30.3 Å². The molecule has 0 spiro atoms. The molecule has 0 atom stereocenters. The maximum atomic E-state index is 11.6. The van der Waals surface area contributed by atoms with Crippen LogP contribution in [0.3, 0.4) is 0 Å². The predicted octanol–water partition coefficient (Wildman–Crippen LogP) is 1.61.